The molecule has 6 heteroatoms. The highest BCUT2D eigenvalue weighted by Gasteiger charge is 2.07. The quantitative estimate of drug-likeness (QED) is 0.851. The van der Waals surface area contributed by atoms with Crippen LogP contribution < -0.4 is 5.56 Å². The minimum atomic E-state index is -0.301. The smallest absolute Gasteiger partial charge is 0.257 e. The van der Waals surface area contributed by atoms with Gasteiger partial charge in [0.2, 0.25) is 5.88 Å². The van der Waals surface area contributed by atoms with Gasteiger partial charge in [0.05, 0.1) is 11.3 Å². The second kappa shape index (κ2) is 5.58. The summed E-state index contributed by atoms with van der Waals surface area (Å²) in [6, 6.07) is 7.80. The van der Waals surface area contributed by atoms with Crippen LogP contribution in [0.4, 0.5) is 0 Å². The first kappa shape index (κ1) is 13.2. The van der Waals surface area contributed by atoms with Crippen molar-refractivity contribution >= 4 is 27.7 Å². The van der Waals surface area contributed by atoms with Crippen LogP contribution in [0.3, 0.4) is 0 Å². The lowest BCUT2D eigenvalue weighted by Gasteiger charge is -2.04. The molecule has 0 radical (unpaired) electrons. The van der Waals surface area contributed by atoms with Crippen molar-refractivity contribution in [3.8, 4) is 5.88 Å². The number of nitrogens with one attached hydrogen (secondary N) is 1. The van der Waals surface area contributed by atoms with Gasteiger partial charge in [-0.05, 0) is 35.0 Å². The molecule has 0 aliphatic rings. The molecule has 94 valence electrons. The van der Waals surface area contributed by atoms with Crippen molar-refractivity contribution in [1.82, 2.24) is 9.97 Å². The fourth-order valence-corrected chi connectivity index (χ4v) is 2.78. The van der Waals surface area contributed by atoms with Crippen LogP contribution in [0.15, 0.2) is 38.4 Å². The summed E-state index contributed by atoms with van der Waals surface area (Å²) >= 11 is 4.98. The van der Waals surface area contributed by atoms with Crippen molar-refractivity contribution in [3.63, 3.8) is 0 Å². The highest BCUT2D eigenvalue weighted by Crippen LogP contribution is 2.28. The number of benzene rings is 1. The van der Waals surface area contributed by atoms with E-state index in [9.17, 15) is 9.90 Å². The Morgan fingerprint density at radius 3 is 2.83 bits per heavy atom. The van der Waals surface area contributed by atoms with Crippen molar-refractivity contribution in [2.75, 3.05) is 0 Å². The molecule has 0 aliphatic heterocycles. The summed E-state index contributed by atoms with van der Waals surface area (Å²) in [6.07, 6.45) is 0. The maximum absolute atomic E-state index is 11.5. The Labute approximate surface area is 117 Å². The molecule has 4 nitrogen and oxygen atoms in total. The predicted molar refractivity (Wildman–Crippen MR) is 75.0 cm³/mol. The van der Waals surface area contributed by atoms with E-state index in [0.29, 0.717) is 11.6 Å². The van der Waals surface area contributed by atoms with E-state index in [1.165, 1.54) is 18.7 Å². The maximum Gasteiger partial charge on any atom is 0.257 e. The number of aromatic amines is 1. The lowest BCUT2D eigenvalue weighted by atomic mass is 10.3. The fraction of sp³-hybridized carbons (Fsp3) is 0.167. The summed E-state index contributed by atoms with van der Waals surface area (Å²) in [4.78, 5) is 19.1. The molecule has 0 fully saturated rings. The molecule has 1 aromatic carbocycles. The second-order valence-electron chi connectivity index (χ2n) is 3.68. The summed E-state index contributed by atoms with van der Waals surface area (Å²) in [6.45, 7) is 1.53. The fourth-order valence-electron chi connectivity index (χ4n) is 1.34. The third-order valence-electron chi connectivity index (χ3n) is 2.38. The van der Waals surface area contributed by atoms with Gasteiger partial charge in [-0.1, -0.05) is 12.1 Å². The molecule has 2 N–H and O–H groups in total. The number of rotatable bonds is 3. The molecule has 2 rings (SSSR count). The van der Waals surface area contributed by atoms with Crippen LogP contribution >= 0.6 is 27.7 Å². The second-order valence-corrected chi connectivity index (χ2v) is 5.55. The van der Waals surface area contributed by atoms with Gasteiger partial charge in [-0.2, -0.15) is 4.98 Å². The van der Waals surface area contributed by atoms with E-state index in [0.717, 1.165) is 9.37 Å². The zero-order valence-electron chi connectivity index (χ0n) is 9.61. The molecule has 1 heterocycles. The first-order valence-electron chi connectivity index (χ1n) is 5.24. The summed E-state index contributed by atoms with van der Waals surface area (Å²) in [5, 5.41) is 9.48. The first-order valence-corrected chi connectivity index (χ1v) is 7.02. The number of thioether (sulfide) groups is 1. The standard InChI is InChI=1S/C12H11BrN2O2S/c1-7-11(16)14-10(15-12(7)17)6-18-9-5-3-2-4-8(9)13/h2-5H,6H2,1H3,(H2,14,15,16,17). The van der Waals surface area contributed by atoms with Gasteiger partial charge in [-0.3, -0.25) is 4.79 Å². The normalized spacial score (nSPS) is 10.6. The van der Waals surface area contributed by atoms with Crippen LogP contribution in [0.1, 0.15) is 11.4 Å². The van der Waals surface area contributed by atoms with Gasteiger partial charge in [0, 0.05) is 9.37 Å². The largest absolute Gasteiger partial charge is 0.493 e. The molecule has 0 saturated carbocycles. The van der Waals surface area contributed by atoms with Crippen LogP contribution in [0.25, 0.3) is 0 Å². The number of aromatic nitrogens is 2. The van der Waals surface area contributed by atoms with Crippen molar-refractivity contribution in [2.45, 2.75) is 17.6 Å². The molecule has 0 saturated heterocycles. The van der Waals surface area contributed by atoms with Crippen molar-refractivity contribution < 1.29 is 5.11 Å². The Bertz CT molecular complexity index is 628. The van der Waals surface area contributed by atoms with Gasteiger partial charge < -0.3 is 10.1 Å². The van der Waals surface area contributed by atoms with Gasteiger partial charge in [-0.25, -0.2) is 0 Å². The van der Waals surface area contributed by atoms with Crippen molar-refractivity contribution in [1.29, 1.82) is 0 Å². The highest BCUT2D eigenvalue weighted by atomic mass is 79.9. The van der Waals surface area contributed by atoms with Crippen molar-refractivity contribution in [3.05, 3.63) is 50.5 Å². The molecular weight excluding hydrogens is 316 g/mol. The molecule has 0 amide bonds. The summed E-state index contributed by atoms with van der Waals surface area (Å²) in [7, 11) is 0. The van der Waals surface area contributed by atoms with Crippen molar-refractivity contribution in [2.24, 2.45) is 0 Å². The maximum atomic E-state index is 11.5. The Hall–Kier alpha value is -1.27. The van der Waals surface area contributed by atoms with E-state index in [4.69, 9.17) is 0 Å². The summed E-state index contributed by atoms with van der Waals surface area (Å²) in [5.74, 6) is 0.747. The minimum Gasteiger partial charge on any atom is -0.493 e. The minimum absolute atomic E-state index is 0.207. The van der Waals surface area contributed by atoms with E-state index < -0.39 is 0 Å². The lowest BCUT2D eigenvalue weighted by molar-refractivity contribution is 0.444. The topological polar surface area (TPSA) is 66.0 Å². The molecule has 18 heavy (non-hydrogen) atoms. The molecule has 0 spiro atoms. The van der Waals surface area contributed by atoms with Gasteiger partial charge in [-0.15, -0.1) is 11.8 Å². The van der Waals surface area contributed by atoms with Gasteiger partial charge >= 0.3 is 0 Å². The summed E-state index contributed by atoms with van der Waals surface area (Å²) < 4.78 is 0.994. The third kappa shape index (κ3) is 2.94. The molecular formula is C12H11BrN2O2S. The monoisotopic (exact) mass is 326 g/mol. The Kier molecular flexibility index (Phi) is 4.08. The van der Waals surface area contributed by atoms with Crippen LogP contribution in [0, 0.1) is 6.92 Å². The Morgan fingerprint density at radius 2 is 2.17 bits per heavy atom. The number of aromatic hydroxyl groups is 1. The van der Waals surface area contributed by atoms with Crippen LogP contribution in [0.5, 0.6) is 5.88 Å². The Balaban J connectivity index is 2.17. The number of nitrogens with zero attached hydrogens (tertiary/aromatic N) is 1. The number of halogens is 1. The predicted octanol–water partition coefficient (Wildman–Crippen LogP) is 2.84. The van der Waals surface area contributed by atoms with Gasteiger partial charge in [0.25, 0.3) is 5.56 Å². The van der Waals surface area contributed by atoms with E-state index >= 15 is 0 Å². The van der Waals surface area contributed by atoms with Crippen LogP contribution in [-0.2, 0) is 5.75 Å². The van der Waals surface area contributed by atoms with Crippen LogP contribution in [0.2, 0.25) is 0 Å². The number of hydrogen-bond acceptors (Lipinski definition) is 4. The van der Waals surface area contributed by atoms with E-state index in [1.54, 1.807) is 0 Å². The van der Waals surface area contributed by atoms with Crippen LogP contribution in [-0.4, -0.2) is 15.1 Å². The van der Waals surface area contributed by atoms with E-state index in [2.05, 4.69) is 25.9 Å². The molecule has 0 bridgehead atoms. The van der Waals surface area contributed by atoms with Gasteiger partial charge in [0.1, 0.15) is 5.82 Å². The van der Waals surface area contributed by atoms with E-state index in [-0.39, 0.29) is 17.0 Å². The van der Waals surface area contributed by atoms with Gasteiger partial charge in [0.15, 0.2) is 0 Å². The lowest BCUT2D eigenvalue weighted by Crippen LogP contribution is -2.13. The Morgan fingerprint density at radius 1 is 1.44 bits per heavy atom. The molecule has 1 aromatic heterocycles. The number of H-pyrrole nitrogens is 1. The molecule has 0 aliphatic carbocycles. The number of hydrogen-bond donors (Lipinski definition) is 2. The third-order valence-corrected chi connectivity index (χ3v) is 4.41. The molecule has 0 atom stereocenters. The highest BCUT2D eigenvalue weighted by molar-refractivity contribution is 9.10. The summed E-state index contributed by atoms with van der Waals surface area (Å²) in [5.41, 5.74) is -0.0603. The SMILES string of the molecule is Cc1c(O)nc(CSc2ccccc2Br)[nH]c1=O. The zero-order valence-corrected chi connectivity index (χ0v) is 12.0. The zero-order chi connectivity index (χ0) is 13.1. The molecule has 0 unspecified atom stereocenters. The first-order chi connectivity index (χ1) is 8.58. The molecule has 2 aromatic rings. The average molecular weight is 327 g/mol. The average Bonchev–Trinajstić information content (AvgIpc) is 2.35. The van der Waals surface area contributed by atoms with E-state index in [1.807, 2.05) is 24.3 Å².